The van der Waals surface area contributed by atoms with Gasteiger partial charge < -0.3 is 5.73 Å². The number of thiocarbonyl (C=S) groups is 1. The second kappa shape index (κ2) is 5.64. The van der Waals surface area contributed by atoms with Crippen molar-refractivity contribution >= 4 is 50.5 Å². The largest absolute Gasteiger partial charge is 0.305 e. The Kier molecular flexibility index (Phi) is 3.85. The van der Waals surface area contributed by atoms with Gasteiger partial charge in [0, 0.05) is 5.92 Å². The average Bonchev–Trinajstić information content (AvgIpc) is 2.51. The van der Waals surface area contributed by atoms with E-state index in [0.717, 1.165) is 5.56 Å². The zero-order valence-electron chi connectivity index (χ0n) is 11.5. The summed E-state index contributed by atoms with van der Waals surface area (Å²) in [6.45, 7) is 2.04. The van der Waals surface area contributed by atoms with E-state index in [9.17, 15) is 0 Å². The van der Waals surface area contributed by atoms with E-state index in [1.807, 2.05) is 19.1 Å². The number of halogens is 1. The molecule has 0 spiro atoms. The molecule has 3 rings (SSSR count). The molecule has 2 aromatic carbocycles. The molecule has 1 aliphatic rings. The molecule has 0 fully saturated rings. The summed E-state index contributed by atoms with van der Waals surface area (Å²) in [5, 5.41) is 2.67. The van der Waals surface area contributed by atoms with Crippen molar-refractivity contribution in [3.63, 3.8) is 0 Å². The summed E-state index contributed by atoms with van der Waals surface area (Å²) in [4.78, 5) is 9.03. The van der Waals surface area contributed by atoms with Crippen LogP contribution in [0.15, 0.2) is 52.4 Å². The lowest BCUT2D eigenvalue weighted by molar-refractivity contribution is 0.895. The molecule has 2 atom stereocenters. The van der Waals surface area contributed by atoms with E-state index in [0.29, 0.717) is 10.7 Å². The van der Waals surface area contributed by atoms with Gasteiger partial charge in [0.05, 0.1) is 4.86 Å². The molecule has 0 aliphatic carbocycles. The summed E-state index contributed by atoms with van der Waals surface area (Å²) in [5.41, 5.74) is 7.00. The predicted octanol–water partition coefficient (Wildman–Crippen LogP) is 3.65. The van der Waals surface area contributed by atoms with Crippen LogP contribution in [0, 0.1) is 0 Å². The Balaban J connectivity index is 1.99. The Labute approximate surface area is 133 Å². The maximum absolute atomic E-state index is 6.03. The second-order valence-corrected chi connectivity index (χ2v) is 5.83. The lowest BCUT2D eigenvalue weighted by atomic mass is 9.96. The normalized spacial score (nSPS) is 20.1. The molecule has 2 aromatic rings. The van der Waals surface area contributed by atoms with Gasteiger partial charge in [-0.25, -0.2) is 9.98 Å². The molecule has 0 saturated heterocycles. The summed E-state index contributed by atoms with van der Waals surface area (Å²) < 4.78 is 0. The van der Waals surface area contributed by atoms with Gasteiger partial charge in [0.25, 0.3) is 0 Å². The Hall–Kier alpha value is -1.62. The average molecular weight is 316 g/mol. The predicted molar refractivity (Wildman–Crippen MR) is 93.7 cm³/mol. The highest BCUT2D eigenvalue weighted by Gasteiger charge is 2.23. The number of benzene rings is 2. The minimum atomic E-state index is -0.581. The molecule has 0 bridgehead atoms. The molecule has 106 valence electrons. The van der Waals surface area contributed by atoms with Crippen LogP contribution < -0.4 is 5.73 Å². The monoisotopic (exact) mass is 315 g/mol. The Morgan fingerprint density at radius 2 is 1.90 bits per heavy atom. The molecule has 0 saturated carbocycles. The van der Waals surface area contributed by atoms with Gasteiger partial charge in [0.2, 0.25) is 0 Å². The third-order valence-electron chi connectivity index (χ3n) is 3.62. The number of hydrogen-bond donors (Lipinski definition) is 1. The van der Waals surface area contributed by atoms with Crippen molar-refractivity contribution in [3.05, 3.63) is 48.0 Å². The third kappa shape index (κ3) is 2.75. The van der Waals surface area contributed by atoms with Crippen LogP contribution in [-0.2, 0) is 0 Å². The second-order valence-electron chi connectivity index (χ2n) is 5.03. The van der Waals surface area contributed by atoms with Crippen molar-refractivity contribution in [2.75, 3.05) is 0 Å². The molecule has 2 N–H and O–H groups in total. The van der Waals surface area contributed by atoms with E-state index in [4.69, 9.17) is 29.6 Å². The topological polar surface area (TPSA) is 50.7 Å². The fourth-order valence-corrected chi connectivity index (χ4v) is 2.64. The molecule has 0 aromatic heterocycles. The van der Waals surface area contributed by atoms with Crippen molar-refractivity contribution < 1.29 is 0 Å². The SMILES string of the molecule is CC(C1=NC(N)C(=S)C(Cl)=N1)c1ccc2ccccc2c1. The lowest BCUT2D eigenvalue weighted by Gasteiger charge is -2.19. The molecule has 0 amide bonds. The lowest BCUT2D eigenvalue weighted by Crippen LogP contribution is -2.36. The number of amidine groups is 1. The molecule has 5 heteroatoms. The van der Waals surface area contributed by atoms with Crippen molar-refractivity contribution in [2.45, 2.75) is 19.0 Å². The van der Waals surface area contributed by atoms with Gasteiger partial charge in [-0.1, -0.05) is 73.2 Å². The Morgan fingerprint density at radius 3 is 2.62 bits per heavy atom. The van der Waals surface area contributed by atoms with Gasteiger partial charge in [-0.15, -0.1) is 0 Å². The van der Waals surface area contributed by atoms with Gasteiger partial charge in [-0.05, 0) is 16.3 Å². The summed E-state index contributed by atoms with van der Waals surface area (Å²) >= 11 is 11.1. The standard InChI is InChI=1S/C16H14ClN3S/c1-9(16-19-14(17)13(21)15(18)20-16)11-7-6-10-4-2-3-5-12(10)8-11/h2-9,15H,18H2,1H3. The molecule has 1 aliphatic heterocycles. The van der Waals surface area contributed by atoms with Crippen molar-refractivity contribution in [1.82, 2.24) is 0 Å². The van der Waals surface area contributed by atoms with E-state index in [2.05, 4.69) is 40.3 Å². The van der Waals surface area contributed by atoms with Crippen molar-refractivity contribution in [2.24, 2.45) is 15.7 Å². The fraction of sp³-hybridized carbons (Fsp3) is 0.188. The number of nitrogens with zero attached hydrogens (tertiary/aromatic N) is 2. The molecule has 3 nitrogen and oxygen atoms in total. The molecular formula is C16H14ClN3S. The van der Waals surface area contributed by atoms with Crippen LogP contribution >= 0.6 is 23.8 Å². The highest BCUT2D eigenvalue weighted by molar-refractivity contribution is 7.82. The van der Waals surface area contributed by atoms with Crippen molar-refractivity contribution in [3.8, 4) is 0 Å². The number of nitrogens with two attached hydrogens (primary N) is 1. The van der Waals surface area contributed by atoms with Crippen LogP contribution in [-0.4, -0.2) is 22.0 Å². The van der Waals surface area contributed by atoms with Crippen LogP contribution in [0.25, 0.3) is 10.8 Å². The highest BCUT2D eigenvalue weighted by atomic mass is 35.5. The van der Waals surface area contributed by atoms with Crippen LogP contribution in [0.2, 0.25) is 0 Å². The number of hydrogen-bond acceptors (Lipinski definition) is 4. The Morgan fingerprint density at radius 1 is 1.19 bits per heavy atom. The first kappa shape index (κ1) is 14.3. The van der Waals surface area contributed by atoms with Crippen LogP contribution in [0.5, 0.6) is 0 Å². The summed E-state index contributed by atoms with van der Waals surface area (Å²) in [5.74, 6) is 0.633. The van der Waals surface area contributed by atoms with Crippen LogP contribution in [0.1, 0.15) is 18.4 Å². The van der Waals surface area contributed by atoms with E-state index >= 15 is 0 Å². The molecule has 21 heavy (non-hydrogen) atoms. The Bertz CT molecular complexity index is 782. The quantitative estimate of drug-likeness (QED) is 0.860. The van der Waals surface area contributed by atoms with Crippen LogP contribution in [0.4, 0.5) is 0 Å². The van der Waals surface area contributed by atoms with Gasteiger partial charge in [0.1, 0.15) is 17.2 Å². The van der Waals surface area contributed by atoms with Gasteiger partial charge in [-0.3, -0.25) is 0 Å². The van der Waals surface area contributed by atoms with Crippen LogP contribution in [0.3, 0.4) is 0 Å². The number of fused-ring (bicyclic) bond motifs is 1. The smallest absolute Gasteiger partial charge is 0.148 e. The zero-order valence-corrected chi connectivity index (χ0v) is 13.0. The van der Waals surface area contributed by atoms with Gasteiger partial charge in [-0.2, -0.15) is 0 Å². The first-order chi connectivity index (χ1) is 10.1. The molecular weight excluding hydrogens is 302 g/mol. The molecule has 0 radical (unpaired) electrons. The highest BCUT2D eigenvalue weighted by Crippen LogP contribution is 2.25. The van der Waals surface area contributed by atoms with E-state index in [1.54, 1.807) is 0 Å². The summed E-state index contributed by atoms with van der Waals surface area (Å²) in [7, 11) is 0. The van der Waals surface area contributed by atoms with Crippen molar-refractivity contribution in [1.29, 1.82) is 0 Å². The summed E-state index contributed by atoms with van der Waals surface area (Å²) in [6, 6.07) is 14.6. The fourth-order valence-electron chi connectivity index (χ4n) is 2.34. The van der Waals surface area contributed by atoms with E-state index in [-0.39, 0.29) is 11.1 Å². The summed E-state index contributed by atoms with van der Waals surface area (Å²) in [6.07, 6.45) is -0.581. The van der Waals surface area contributed by atoms with Gasteiger partial charge >= 0.3 is 0 Å². The number of rotatable bonds is 2. The maximum Gasteiger partial charge on any atom is 0.148 e. The van der Waals surface area contributed by atoms with E-state index in [1.165, 1.54) is 10.8 Å². The minimum absolute atomic E-state index is 0.0116. The first-order valence-electron chi connectivity index (χ1n) is 6.66. The molecule has 2 unspecified atom stereocenters. The zero-order chi connectivity index (χ0) is 15.0. The first-order valence-corrected chi connectivity index (χ1v) is 7.45. The number of aliphatic imine (C=N–C) groups is 2. The van der Waals surface area contributed by atoms with E-state index < -0.39 is 6.17 Å². The van der Waals surface area contributed by atoms with Gasteiger partial charge in [0.15, 0.2) is 0 Å². The molecule has 1 heterocycles. The minimum Gasteiger partial charge on any atom is -0.305 e. The third-order valence-corrected chi connectivity index (χ3v) is 4.45. The maximum atomic E-state index is 6.03.